The molecule has 5 nitrogen and oxygen atoms in total. The highest BCUT2D eigenvalue weighted by atomic mass is 32.2. The number of hydrazone groups is 1. The maximum Gasteiger partial charge on any atom is 0.279 e. The molecule has 30 heavy (non-hydrogen) atoms. The van der Waals surface area contributed by atoms with E-state index >= 15 is 0 Å². The van der Waals surface area contributed by atoms with Crippen LogP contribution in [-0.2, 0) is 10.0 Å². The first-order valence-electron chi connectivity index (χ1n) is 9.78. The smallest absolute Gasteiger partial charge is 0.279 e. The van der Waals surface area contributed by atoms with E-state index in [1.807, 2.05) is 62.4 Å². The van der Waals surface area contributed by atoms with Gasteiger partial charge in [-0.3, -0.25) is 0 Å². The minimum absolute atomic E-state index is 0.237. The lowest BCUT2D eigenvalue weighted by Crippen LogP contribution is -2.27. The lowest BCUT2D eigenvalue weighted by molar-refractivity contribution is 0.370. The summed E-state index contributed by atoms with van der Waals surface area (Å²) in [6, 6.07) is 21.9. The Hall–Kier alpha value is -3.12. The molecule has 0 saturated carbocycles. The van der Waals surface area contributed by atoms with E-state index in [0.29, 0.717) is 6.42 Å². The van der Waals surface area contributed by atoms with Gasteiger partial charge in [0.25, 0.3) is 10.0 Å². The van der Waals surface area contributed by atoms with Crippen LogP contribution >= 0.6 is 0 Å². The quantitative estimate of drug-likeness (QED) is 0.593. The van der Waals surface area contributed by atoms with E-state index in [-0.39, 0.29) is 4.90 Å². The first-order chi connectivity index (χ1) is 14.4. The van der Waals surface area contributed by atoms with Crippen LogP contribution in [0.15, 0.2) is 82.8 Å². The first-order valence-corrected chi connectivity index (χ1v) is 11.2. The van der Waals surface area contributed by atoms with Crippen molar-refractivity contribution in [2.75, 3.05) is 7.11 Å². The molecule has 1 atom stereocenters. The molecular weight excluding hydrogens is 396 g/mol. The van der Waals surface area contributed by atoms with E-state index in [0.717, 1.165) is 33.7 Å². The monoisotopic (exact) mass is 420 g/mol. The molecule has 1 aliphatic rings. The van der Waals surface area contributed by atoms with Gasteiger partial charge in [0.2, 0.25) is 0 Å². The van der Waals surface area contributed by atoms with E-state index in [1.165, 1.54) is 4.41 Å². The van der Waals surface area contributed by atoms with Crippen LogP contribution in [-0.4, -0.2) is 25.7 Å². The van der Waals surface area contributed by atoms with Crippen LogP contribution in [0.2, 0.25) is 0 Å². The van der Waals surface area contributed by atoms with E-state index in [2.05, 4.69) is 5.10 Å². The second-order valence-electron chi connectivity index (χ2n) is 7.50. The molecule has 4 rings (SSSR count). The molecule has 0 radical (unpaired) electrons. The minimum Gasteiger partial charge on any atom is -0.497 e. The summed E-state index contributed by atoms with van der Waals surface area (Å²) in [6.45, 7) is 3.95. The zero-order chi connectivity index (χ0) is 21.3. The van der Waals surface area contributed by atoms with E-state index < -0.39 is 16.1 Å². The summed E-state index contributed by atoms with van der Waals surface area (Å²) in [4.78, 5) is 0.237. The Morgan fingerprint density at radius 3 is 2.27 bits per heavy atom. The topological polar surface area (TPSA) is 59.0 Å². The van der Waals surface area contributed by atoms with E-state index in [1.54, 1.807) is 31.4 Å². The van der Waals surface area contributed by atoms with E-state index in [9.17, 15) is 8.42 Å². The van der Waals surface area contributed by atoms with Crippen molar-refractivity contribution in [2.45, 2.75) is 31.2 Å². The van der Waals surface area contributed by atoms with Gasteiger partial charge in [-0.2, -0.15) is 17.9 Å². The van der Waals surface area contributed by atoms with Crippen LogP contribution in [0.5, 0.6) is 5.75 Å². The first kappa shape index (κ1) is 20.2. The molecule has 3 aromatic carbocycles. The van der Waals surface area contributed by atoms with Gasteiger partial charge in [0, 0.05) is 6.42 Å². The summed E-state index contributed by atoms with van der Waals surface area (Å²) in [6.07, 6.45) is 0.501. The van der Waals surface area contributed by atoms with Gasteiger partial charge in [0.05, 0.1) is 23.8 Å². The van der Waals surface area contributed by atoms with Crippen LogP contribution in [0.25, 0.3) is 0 Å². The highest BCUT2D eigenvalue weighted by Crippen LogP contribution is 2.37. The van der Waals surface area contributed by atoms with Gasteiger partial charge in [0.15, 0.2) is 0 Å². The van der Waals surface area contributed by atoms with Crippen LogP contribution in [0.4, 0.5) is 0 Å². The Bertz CT molecular complexity index is 1180. The van der Waals surface area contributed by atoms with Crippen molar-refractivity contribution >= 4 is 15.7 Å². The molecule has 6 heteroatoms. The zero-order valence-corrected chi connectivity index (χ0v) is 18.1. The van der Waals surface area contributed by atoms with E-state index in [4.69, 9.17) is 4.74 Å². The Morgan fingerprint density at radius 2 is 1.63 bits per heavy atom. The fraction of sp³-hybridized carbons (Fsp3) is 0.208. The fourth-order valence-corrected chi connectivity index (χ4v) is 5.04. The lowest BCUT2D eigenvalue weighted by Gasteiger charge is -2.23. The number of ether oxygens (including phenoxy) is 1. The highest BCUT2D eigenvalue weighted by molar-refractivity contribution is 7.89. The Kier molecular flexibility index (Phi) is 5.35. The number of benzene rings is 3. The third kappa shape index (κ3) is 3.83. The maximum atomic E-state index is 13.5. The summed E-state index contributed by atoms with van der Waals surface area (Å²) in [5, 5.41) is 4.60. The maximum absolute atomic E-state index is 13.5. The molecular formula is C24H24N2O3S. The predicted octanol–water partition coefficient (Wildman–Crippen LogP) is 4.85. The third-order valence-corrected chi connectivity index (χ3v) is 6.99. The van der Waals surface area contributed by atoms with Gasteiger partial charge in [-0.15, -0.1) is 0 Å². The van der Waals surface area contributed by atoms with Gasteiger partial charge in [-0.1, -0.05) is 59.7 Å². The average molecular weight is 421 g/mol. The molecule has 3 aromatic rings. The van der Waals surface area contributed by atoms with Crippen molar-refractivity contribution in [1.29, 1.82) is 0 Å². The van der Waals surface area contributed by atoms with Crippen molar-refractivity contribution in [2.24, 2.45) is 5.10 Å². The molecule has 154 valence electrons. The number of nitrogens with zero attached hydrogens (tertiary/aromatic N) is 2. The van der Waals surface area contributed by atoms with Crippen LogP contribution in [0.1, 0.15) is 34.7 Å². The molecule has 0 aliphatic carbocycles. The molecule has 0 fully saturated rings. The summed E-state index contributed by atoms with van der Waals surface area (Å²) in [5.74, 6) is 0.726. The zero-order valence-electron chi connectivity index (χ0n) is 17.2. The molecule has 1 unspecified atom stereocenters. The molecule has 0 saturated heterocycles. The molecule has 0 aromatic heterocycles. The number of methoxy groups -OCH3 is 1. The summed E-state index contributed by atoms with van der Waals surface area (Å²) in [7, 11) is -2.20. The van der Waals surface area contributed by atoms with Gasteiger partial charge >= 0.3 is 0 Å². The van der Waals surface area contributed by atoms with Crippen LogP contribution < -0.4 is 4.74 Å². The minimum atomic E-state index is -3.80. The second kappa shape index (κ2) is 7.95. The number of hydrogen-bond acceptors (Lipinski definition) is 4. The Balaban J connectivity index is 1.79. The van der Waals surface area contributed by atoms with Crippen molar-refractivity contribution in [1.82, 2.24) is 4.41 Å². The Labute approximate surface area is 177 Å². The van der Waals surface area contributed by atoms with Crippen LogP contribution in [0.3, 0.4) is 0 Å². The van der Waals surface area contributed by atoms with Crippen LogP contribution in [0, 0.1) is 13.8 Å². The normalized spacial score (nSPS) is 16.4. The summed E-state index contributed by atoms with van der Waals surface area (Å²) >= 11 is 0. The molecule has 0 spiro atoms. The summed E-state index contributed by atoms with van der Waals surface area (Å²) < 4.78 is 33.5. The van der Waals surface area contributed by atoms with Gasteiger partial charge in [-0.05, 0) is 49.2 Å². The fourth-order valence-electron chi connectivity index (χ4n) is 3.60. The molecule has 1 heterocycles. The second-order valence-corrected chi connectivity index (χ2v) is 9.30. The third-order valence-electron chi connectivity index (χ3n) is 5.29. The highest BCUT2D eigenvalue weighted by Gasteiger charge is 2.37. The average Bonchev–Trinajstić information content (AvgIpc) is 3.21. The predicted molar refractivity (Wildman–Crippen MR) is 118 cm³/mol. The van der Waals surface area contributed by atoms with Gasteiger partial charge in [-0.25, -0.2) is 0 Å². The van der Waals surface area contributed by atoms with Crippen molar-refractivity contribution < 1.29 is 13.2 Å². The number of sulfonamides is 1. The standard InChI is InChI=1S/C24H24N2O3S/c1-17-7-13-22(14-8-17)30(27,28)26-24(19-9-11-21(29-3)12-10-19)16-23(25-26)20-6-4-5-18(2)15-20/h4-15,24H,16H2,1-3H3. The van der Waals surface area contributed by atoms with Crippen molar-refractivity contribution in [3.63, 3.8) is 0 Å². The molecule has 0 amide bonds. The van der Waals surface area contributed by atoms with Crippen molar-refractivity contribution in [3.05, 3.63) is 95.1 Å². The molecule has 0 N–H and O–H groups in total. The lowest BCUT2D eigenvalue weighted by atomic mass is 9.98. The van der Waals surface area contributed by atoms with Gasteiger partial charge in [0.1, 0.15) is 5.75 Å². The SMILES string of the molecule is COc1ccc(C2CC(c3cccc(C)c3)=NN2S(=O)(=O)c2ccc(C)cc2)cc1. The molecule has 0 bridgehead atoms. The Morgan fingerprint density at radius 1 is 0.933 bits per heavy atom. The van der Waals surface area contributed by atoms with Crippen molar-refractivity contribution in [3.8, 4) is 5.75 Å². The molecule has 1 aliphatic heterocycles. The number of aryl methyl sites for hydroxylation is 2. The summed E-state index contributed by atoms with van der Waals surface area (Å²) in [5.41, 5.74) is 4.69. The number of rotatable bonds is 5. The largest absolute Gasteiger partial charge is 0.497 e. The van der Waals surface area contributed by atoms with Gasteiger partial charge < -0.3 is 4.74 Å². The number of hydrogen-bond donors (Lipinski definition) is 0.